The summed E-state index contributed by atoms with van der Waals surface area (Å²) in [6.45, 7) is 9.34. The minimum absolute atomic E-state index is 0.105. The van der Waals surface area contributed by atoms with Crippen LogP contribution in [0.25, 0.3) is 0 Å². The first-order valence-electron chi connectivity index (χ1n) is 8.64. The molecule has 0 fully saturated rings. The predicted octanol–water partition coefficient (Wildman–Crippen LogP) is 3.46. The van der Waals surface area contributed by atoms with Gasteiger partial charge in [-0.1, -0.05) is 12.1 Å². The fourth-order valence-electron chi connectivity index (χ4n) is 3.22. The molecule has 6 heteroatoms. The van der Waals surface area contributed by atoms with Crippen LogP contribution in [0.1, 0.15) is 52.9 Å². The molecule has 130 valence electrons. The van der Waals surface area contributed by atoms with Crippen LogP contribution >= 0.6 is 11.3 Å². The Bertz CT molecular complexity index is 715. The Balaban J connectivity index is 1.69. The lowest BCUT2D eigenvalue weighted by atomic mass is 9.93. The van der Waals surface area contributed by atoms with E-state index in [0.717, 1.165) is 40.8 Å². The fourth-order valence-corrected chi connectivity index (χ4v) is 4.51. The van der Waals surface area contributed by atoms with Gasteiger partial charge >= 0.3 is 0 Å². The monoisotopic (exact) mass is 347 g/mol. The van der Waals surface area contributed by atoms with E-state index in [2.05, 4.69) is 12.1 Å². The summed E-state index contributed by atoms with van der Waals surface area (Å²) in [5.41, 5.74) is 2.96. The molecule has 0 N–H and O–H groups in total. The molecule has 0 aromatic carbocycles. The second kappa shape index (κ2) is 7.05. The van der Waals surface area contributed by atoms with Crippen LogP contribution in [0.2, 0.25) is 0 Å². The molecule has 0 saturated heterocycles. The Kier molecular flexibility index (Phi) is 5.04. The first-order valence-corrected chi connectivity index (χ1v) is 9.46. The number of nitrogens with zero attached hydrogens (tertiary/aromatic N) is 3. The second-order valence-electron chi connectivity index (χ2n) is 6.71. The molecular formula is C18H25N3O2S. The van der Waals surface area contributed by atoms with Crippen LogP contribution in [-0.4, -0.2) is 27.5 Å². The van der Waals surface area contributed by atoms with Gasteiger partial charge in [-0.2, -0.15) is 0 Å². The van der Waals surface area contributed by atoms with Crippen LogP contribution in [0.4, 0.5) is 0 Å². The van der Waals surface area contributed by atoms with Crippen molar-refractivity contribution < 1.29 is 9.32 Å². The molecule has 2 aromatic heterocycles. The molecule has 24 heavy (non-hydrogen) atoms. The zero-order valence-corrected chi connectivity index (χ0v) is 15.7. The number of carbonyl (C=O) groups is 1. The lowest BCUT2D eigenvalue weighted by molar-refractivity contribution is -0.130. The van der Waals surface area contributed by atoms with Gasteiger partial charge in [0, 0.05) is 17.0 Å². The van der Waals surface area contributed by atoms with Crippen molar-refractivity contribution in [3.05, 3.63) is 32.6 Å². The van der Waals surface area contributed by atoms with Crippen molar-refractivity contribution in [2.75, 3.05) is 6.54 Å². The van der Waals surface area contributed by atoms with Crippen LogP contribution in [0.3, 0.4) is 0 Å². The molecule has 2 heterocycles. The van der Waals surface area contributed by atoms with Crippen LogP contribution in [-0.2, 0) is 30.6 Å². The number of aromatic nitrogens is 2. The molecule has 1 amide bonds. The molecule has 3 rings (SSSR count). The second-order valence-corrected chi connectivity index (χ2v) is 7.88. The van der Waals surface area contributed by atoms with Gasteiger partial charge in [0.2, 0.25) is 5.91 Å². The minimum atomic E-state index is 0.105. The summed E-state index contributed by atoms with van der Waals surface area (Å²) in [6.07, 6.45) is 3.77. The maximum Gasteiger partial charge on any atom is 0.227 e. The van der Waals surface area contributed by atoms with Crippen LogP contribution in [0.5, 0.6) is 0 Å². The molecule has 0 radical (unpaired) electrons. The number of amides is 1. The summed E-state index contributed by atoms with van der Waals surface area (Å²) in [7, 11) is 0. The highest BCUT2D eigenvalue weighted by atomic mass is 32.1. The minimum Gasteiger partial charge on any atom is -0.361 e. The van der Waals surface area contributed by atoms with E-state index in [1.165, 1.54) is 17.0 Å². The molecule has 0 spiro atoms. The summed E-state index contributed by atoms with van der Waals surface area (Å²) >= 11 is 1.78. The molecule has 2 aromatic rings. The van der Waals surface area contributed by atoms with Crippen molar-refractivity contribution in [3.63, 3.8) is 0 Å². The Hall–Kier alpha value is -1.69. The molecule has 0 bridgehead atoms. The number of rotatable bonds is 5. The molecule has 1 aliphatic rings. The Morgan fingerprint density at radius 2 is 2.21 bits per heavy atom. The van der Waals surface area contributed by atoms with E-state index >= 15 is 0 Å². The summed E-state index contributed by atoms with van der Waals surface area (Å²) in [4.78, 5) is 20.7. The topological polar surface area (TPSA) is 59.2 Å². The number of thiazole rings is 1. The van der Waals surface area contributed by atoms with Gasteiger partial charge in [-0.15, -0.1) is 11.3 Å². The lowest BCUT2D eigenvalue weighted by Gasteiger charge is -2.19. The molecule has 1 aliphatic carbocycles. The maximum atomic E-state index is 12.7. The highest BCUT2D eigenvalue weighted by Gasteiger charge is 2.22. The first kappa shape index (κ1) is 17.1. The van der Waals surface area contributed by atoms with E-state index in [9.17, 15) is 4.79 Å². The van der Waals surface area contributed by atoms with E-state index in [-0.39, 0.29) is 5.91 Å². The Labute approximate surface area is 147 Å². The van der Waals surface area contributed by atoms with Crippen LogP contribution in [0.15, 0.2) is 4.52 Å². The first-order chi connectivity index (χ1) is 11.5. The average molecular weight is 347 g/mol. The van der Waals surface area contributed by atoms with E-state index in [4.69, 9.17) is 9.51 Å². The maximum absolute atomic E-state index is 12.7. The highest BCUT2D eigenvalue weighted by Crippen LogP contribution is 2.30. The van der Waals surface area contributed by atoms with Crippen molar-refractivity contribution in [1.82, 2.24) is 15.0 Å². The predicted molar refractivity (Wildman–Crippen MR) is 94.1 cm³/mol. The molecule has 1 atom stereocenters. The van der Waals surface area contributed by atoms with Crippen molar-refractivity contribution in [1.29, 1.82) is 0 Å². The Morgan fingerprint density at radius 3 is 2.88 bits per heavy atom. The highest BCUT2D eigenvalue weighted by molar-refractivity contribution is 7.11. The van der Waals surface area contributed by atoms with Gasteiger partial charge in [0.25, 0.3) is 0 Å². The summed E-state index contributed by atoms with van der Waals surface area (Å²) < 4.78 is 5.16. The van der Waals surface area contributed by atoms with Crippen molar-refractivity contribution in [3.8, 4) is 0 Å². The third kappa shape index (κ3) is 3.53. The third-order valence-electron chi connectivity index (χ3n) is 4.80. The van der Waals surface area contributed by atoms with Gasteiger partial charge in [-0.25, -0.2) is 4.98 Å². The average Bonchev–Trinajstić information content (AvgIpc) is 3.09. The number of likely N-dealkylation sites (N-methyl/N-ethyl adjacent to an activating group) is 1. The summed E-state index contributed by atoms with van der Waals surface area (Å²) in [5.74, 6) is 1.58. The van der Waals surface area contributed by atoms with Gasteiger partial charge in [0.15, 0.2) is 0 Å². The van der Waals surface area contributed by atoms with E-state index in [0.29, 0.717) is 19.5 Å². The van der Waals surface area contributed by atoms with E-state index in [1.807, 2.05) is 25.7 Å². The van der Waals surface area contributed by atoms with Crippen LogP contribution < -0.4 is 0 Å². The van der Waals surface area contributed by atoms with Crippen molar-refractivity contribution >= 4 is 17.2 Å². The number of aryl methyl sites for hydroxylation is 3. The van der Waals surface area contributed by atoms with Gasteiger partial charge in [0.1, 0.15) is 10.8 Å². The fraction of sp³-hybridized carbons (Fsp3) is 0.611. The van der Waals surface area contributed by atoms with Gasteiger partial charge in [-0.3, -0.25) is 4.79 Å². The largest absolute Gasteiger partial charge is 0.361 e. The normalized spacial score (nSPS) is 16.9. The van der Waals surface area contributed by atoms with Gasteiger partial charge in [0.05, 0.1) is 24.4 Å². The SMILES string of the molecule is CCN(Cc1nc2c(s1)CC(C)CC2)C(=O)Cc1c(C)noc1C. The standard InChI is InChI=1S/C18H25N3O2S/c1-5-21(18(22)9-14-12(3)20-23-13(14)4)10-17-19-15-7-6-11(2)8-16(15)24-17/h11H,5-10H2,1-4H3. The number of hydrogen-bond acceptors (Lipinski definition) is 5. The quantitative estimate of drug-likeness (QED) is 0.831. The van der Waals surface area contributed by atoms with E-state index < -0.39 is 0 Å². The summed E-state index contributed by atoms with van der Waals surface area (Å²) in [6, 6.07) is 0. The third-order valence-corrected chi connectivity index (χ3v) is 5.90. The number of hydrogen-bond donors (Lipinski definition) is 0. The van der Waals surface area contributed by atoms with Gasteiger partial charge in [-0.05, 0) is 46.0 Å². The number of fused-ring (bicyclic) bond motifs is 1. The molecular weight excluding hydrogens is 322 g/mol. The smallest absolute Gasteiger partial charge is 0.227 e. The van der Waals surface area contributed by atoms with Crippen molar-refractivity contribution in [2.24, 2.45) is 5.92 Å². The van der Waals surface area contributed by atoms with Crippen molar-refractivity contribution in [2.45, 2.75) is 59.9 Å². The molecule has 1 unspecified atom stereocenters. The van der Waals surface area contributed by atoms with E-state index in [1.54, 1.807) is 11.3 Å². The lowest BCUT2D eigenvalue weighted by Crippen LogP contribution is -2.31. The molecule has 0 saturated carbocycles. The summed E-state index contributed by atoms with van der Waals surface area (Å²) in [5, 5.41) is 4.99. The van der Waals surface area contributed by atoms with Crippen LogP contribution in [0, 0.1) is 19.8 Å². The molecule has 0 aliphatic heterocycles. The molecule has 5 nitrogen and oxygen atoms in total. The zero-order chi connectivity index (χ0) is 17.3. The van der Waals surface area contributed by atoms with Gasteiger partial charge < -0.3 is 9.42 Å². The zero-order valence-electron chi connectivity index (χ0n) is 14.9. The Morgan fingerprint density at radius 1 is 1.42 bits per heavy atom. The number of carbonyl (C=O) groups excluding carboxylic acids is 1.